The zero-order valence-electron chi connectivity index (χ0n) is 11.5. The molecule has 0 spiro atoms. The van der Waals surface area contributed by atoms with Gasteiger partial charge in [-0.1, -0.05) is 24.3 Å². The van der Waals surface area contributed by atoms with Crippen LogP contribution in [-0.4, -0.2) is 13.2 Å². The van der Waals surface area contributed by atoms with E-state index in [-0.39, 0.29) is 11.7 Å². The molecule has 0 radical (unpaired) electrons. The Morgan fingerprint density at radius 1 is 1.29 bits per heavy atom. The molecule has 1 unspecified atom stereocenters. The van der Waals surface area contributed by atoms with Crippen LogP contribution >= 0.6 is 0 Å². The third kappa shape index (κ3) is 2.88. The predicted octanol–water partition coefficient (Wildman–Crippen LogP) is 3.42. The number of nitriles is 1. The molecule has 0 amide bonds. The van der Waals surface area contributed by atoms with Gasteiger partial charge in [0.15, 0.2) is 0 Å². The third-order valence-corrected chi connectivity index (χ3v) is 3.67. The van der Waals surface area contributed by atoms with Crippen molar-refractivity contribution in [2.24, 2.45) is 0 Å². The molecule has 0 aliphatic carbocycles. The highest BCUT2D eigenvalue weighted by Gasteiger charge is 2.20. The highest BCUT2D eigenvalue weighted by atomic mass is 19.1. The predicted molar refractivity (Wildman–Crippen MR) is 78.4 cm³/mol. The van der Waals surface area contributed by atoms with Gasteiger partial charge in [0.05, 0.1) is 18.3 Å². The van der Waals surface area contributed by atoms with E-state index in [0.717, 1.165) is 12.1 Å². The Labute approximate surface area is 123 Å². The van der Waals surface area contributed by atoms with E-state index in [4.69, 9.17) is 10.00 Å². The number of fused-ring (bicyclic) bond motifs is 1. The summed E-state index contributed by atoms with van der Waals surface area (Å²) in [6.45, 7) is 1.30. The Kier molecular flexibility index (Phi) is 3.85. The number of nitrogens with zero attached hydrogens (tertiary/aromatic N) is 1. The zero-order chi connectivity index (χ0) is 14.7. The summed E-state index contributed by atoms with van der Waals surface area (Å²) in [7, 11) is 0. The second-order valence-corrected chi connectivity index (χ2v) is 5.00. The van der Waals surface area contributed by atoms with Gasteiger partial charge in [-0.15, -0.1) is 0 Å². The van der Waals surface area contributed by atoms with Crippen LogP contribution in [0.1, 0.15) is 22.8 Å². The SMILES string of the molecule is N#Cc1cc(NCC2OCCc3ccccc32)ccc1F. The Balaban J connectivity index is 1.73. The van der Waals surface area contributed by atoms with Crippen LogP contribution in [0.4, 0.5) is 10.1 Å². The van der Waals surface area contributed by atoms with Gasteiger partial charge in [0.2, 0.25) is 0 Å². The topological polar surface area (TPSA) is 45.0 Å². The molecule has 21 heavy (non-hydrogen) atoms. The van der Waals surface area contributed by atoms with Gasteiger partial charge in [-0.2, -0.15) is 5.26 Å². The first-order valence-corrected chi connectivity index (χ1v) is 6.91. The lowest BCUT2D eigenvalue weighted by molar-refractivity contribution is 0.0513. The fraction of sp³-hybridized carbons (Fsp3) is 0.235. The van der Waals surface area contributed by atoms with Crippen LogP contribution in [0, 0.1) is 17.1 Å². The lowest BCUT2D eigenvalue weighted by Gasteiger charge is -2.26. The molecule has 0 saturated carbocycles. The van der Waals surface area contributed by atoms with Crippen molar-refractivity contribution in [1.29, 1.82) is 5.26 Å². The second kappa shape index (κ2) is 5.94. The number of hydrogen-bond donors (Lipinski definition) is 1. The summed E-state index contributed by atoms with van der Waals surface area (Å²) in [6, 6.07) is 14.5. The summed E-state index contributed by atoms with van der Waals surface area (Å²) in [4.78, 5) is 0. The van der Waals surface area contributed by atoms with E-state index < -0.39 is 5.82 Å². The van der Waals surface area contributed by atoms with Crippen molar-refractivity contribution in [3.8, 4) is 6.07 Å². The summed E-state index contributed by atoms with van der Waals surface area (Å²) in [5.41, 5.74) is 3.27. The monoisotopic (exact) mass is 282 g/mol. The van der Waals surface area contributed by atoms with Crippen LogP contribution in [0.25, 0.3) is 0 Å². The first-order chi connectivity index (χ1) is 10.3. The minimum absolute atomic E-state index is 0.0226. The fourth-order valence-electron chi connectivity index (χ4n) is 2.58. The van der Waals surface area contributed by atoms with Crippen molar-refractivity contribution < 1.29 is 9.13 Å². The molecule has 2 aromatic rings. The number of nitrogens with one attached hydrogen (secondary N) is 1. The summed E-state index contributed by atoms with van der Waals surface area (Å²) < 4.78 is 19.1. The van der Waals surface area contributed by atoms with E-state index in [1.54, 1.807) is 6.07 Å². The van der Waals surface area contributed by atoms with Crippen LogP contribution < -0.4 is 5.32 Å². The number of halogens is 1. The molecule has 0 fully saturated rings. The molecule has 1 N–H and O–H groups in total. The van der Waals surface area contributed by atoms with Crippen LogP contribution in [0.2, 0.25) is 0 Å². The number of hydrogen-bond acceptors (Lipinski definition) is 3. The van der Waals surface area contributed by atoms with Crippen LogP contribution in [-0.2, 0) is 11.2 Å². The normalized spacial score (nSPS) is 16.9. The first kappa shape index (κ1) is 13.6. The molecule has 1 aliphatic heterocycles. The van der Waals surface area contributed by atoms with E-state index in [0.29, 0.717) is 13.2 Å². The van der Waals surface area contributed by atoms with Gasteiger partial charge in [0.1, 0.15) is 11.9 Å². The molecule has 1 aliphatic rings. The largest absolute Gasteiger partial charge is 0.382 e. The average molecular weight is 282 g/mol. The van der Waals surface area contributed by atoms with Crippen molar-refractivity contribution in [3.63, 3.8) is 0 Å². The molecular weight excluding hydrogens is 267 g/mol. The second-order valence-electron chi connectivity index (χ2n) is 5.00. The van der Waals surface area contributed by atoms with Crippen LogP contribution in [0.5, 0.6) is 0 Å². The molecule has 4 heteroatoms. The molecular formula is C17H15FN2O. The lowest BCUT2D eigenvalue weighted by Crippen LogP contribution is -2.22. The van der Waals surface area contributed by atoms with Crippen molar-refractivity contribution in [2.75, 3.05) is 18.5 Å². The Morgan fingerprint density at radius 3 is 3.00 bits per heavy atom. The average Bonchev–Trinajstić information content (AvgIpc) is 2.54. The van der Waals surface area contributed by atoms with Crippen molar-refractivity contribution in [3.05, 3.63) is 65.0 Å². The maximum atomic E-state index is 13.3. The maximum Gasteiger partial charge on any atom is 0.141 e. The van der Waals surface area contributed by atoms with E-state index in [1.165, 1.54) is 23.3 Å². The van der Waals surface area contributed by atoms with Crippen molar-refractivity contribution >= 4 is 5.69 Å². The van der Waals surface area contributed by atoms with Gasteiger partial charge in [0, 0.05) is 12.2 Å². The van der Waals surface area contributed by atoms with Gasteiger partial charge in [-0.05, 0) is 35.7 Å². The molecule has 106 valence electrons. The molecule has 3 nitrogen and oxygen atoms in total. The molecule has 1 atom stereocenters. The highest BCUT2D eigenvalue weighted by molar-refractivity contribution is 5.50. The first-order valence-electron chi connectivity index (χ1n) is 6.91. The molecule has 3 rings (SSSR count). The van der Waals surface area contributed by atoms with E-state index in [1.807, 2.05) is 18.2 Å². The van der Waals surface area contributed by atoms with Gasteiger partial charge in [0.25, 0.3) is 0 Å². The number of ether oxygens (including phenoxy) is 1. The minimum atomic E-state index is -0.498. The Hall–Kier alpha value is -2.38. The minimum Gasteiger partial charge on any atom is -0.382 e. The van der Waals surface area contributed by atoms with Gasteiger partial charge >= 0.3 is 0 Å². The van der Waals surface area contributed by atoms with Gasteiger partial charge in [-0.25, -0.2) is 4.39 Å². The van der Waals surface area contributed by atoms with Gasteiger partial charge < -0.3 is 10.1 Å². The summed E-state index contributed by atoms with van der Waals surface area (Å²) >= 11 is 0. The van der Waals surface area contributed by atoms with E-state index in [9.17, 15) is 4.39 Å². The number of rotatable bonds is 3. The standard InChI is InChI=1S/C17H15FN2O/c18-16-6-5-14(9-13(16)10-19)20-11-17-15-4-2-1-3-12(15)7-8-21-17/h1-6,9,17,20H,7-8,11H2. The number of anilines is 1. The Morgan fingerprint density at radius 2 is 2.14 bits per heavy atom. The third-order valence-electron chi connectivity index (χ3n) is 3.67. The van der Waals surface area contributed by atoms with E-state index >= 15 is 0 Å². The molecule has 0 aromatic heterocycles. The zero-order valence-corrected chi connectivity index (χ0v) is 11.5. The van der Waals surface area contributed by atoms with Crippen molar-refractivity contribution in [1.82, 2.24) is 0 Å². The molecule has 0 bridgehead atoms. The van der Waals surface area contributed by atoms with Crippen LogP contribution in [0.15, 0.2) is 42.5 Å². The summed E-state index contributed by atoms with van der Waals surface area (Å²) in [5, 5.41) is 12.1. The Bertz CT molecular complexity index is 693. The summed E-state index contributed by atoms with van der Waals surface area (Å²) in [6.07, 6.45) is 0.910. The van der Waals surface area contributed by atoms with Crippen molar-refractivity contribution in [2.45, 2.75) is 12.5 Å². The van der Waals surface area contributed by atoms with Gasteiger partial charge in [-0.3, -0.25) is 0 Å². The highest BCUT2D eigenvalue weighted by Crippen LogP contribution is 2.27. The molecule has 1 heterocycles. The molecule has 2 aromatic carbocycles. The van der Waals surface area contributed by atoms with E-state index in [2.05, 4.69) is 17.4 Å². The summed E-state index contributed by atoms with van der Waals surface area (Å²) in [5.74, 6) is -0.498. The molecule has 0 saturated heterocycles. The lowest BCUT2D eigenvalue weighted by atomic mass is 9.97. The number of benzene rings is 2. The maximum absolute atomic E-state index is 13.3. The fourth-order valence-corrected chi connectivity index (χ4v) is 2.58. The quantitative estimate of drug-likeness (QED) is 0.938. The van der Waals surface area contributed by atoms with Crippen LogP contribution in [0.3, 0.4) is 0 Å². The smallest absolute Gasteiger partial charge is 0.141 e.